The van der Waals surface area contributed by atoms with Gasteiger partial charge in [0.1, 0.15) is 5.84 Å². The first-order valence-electron chi connectivity index (χ1n) is 12.5. The van der Waals surface area contributed by atoms with Crippen molar-refractivity contribution in [1.82, 2.24) is 25.8 Å². The van der Waals surface area contributed by atoms with Gasteiger partial charge in [-0.15, -0.1) is 0 Å². The molecular formula is C29H40N6. The predicted molar refractivity (Wildman–Crippen MR) is 150 cm³/mol. The maximum atomic E-state index is 4.96. The third-order valence-electron chi connectivity index (χ3n) is 6.29. The number of amidine groups is 1. The van der Waals surface area contributed by atoms with Gasteiger partial charge in [0.05, 0.1) is 17.1 Å². The first kappa shape index (κ1) is 26.2. The van der Waals surface area contributed by atoms with Crippen LogP contribution in [0.15, 0.2) is 72.2 Å². The van der Waals surface area contributed by atoms with Gasteiger partial charge in [-0.05, 0) is 42.2 Å². The van der Waals surface area contributed by atoms with Crippen molar-refractivity contribution >= 4 is 23.7 Å². The molecule has 0 spiro atoms. The summed E-state index contributed by atoms with van der Waals surface area (Å²) in [5.74, 6) is 1.24. The third kappa shape index (κ3) is 6.61. The molecule has 35 heavy (non-hydrogen) atoms. The summed E-state index contributed by atoms with van der Waals surface area (Å²) < 4.78 is 0. The van der Waals surface area contributed by atoms with Gasteiger partial charge >= 0.3 is 0 Å². The molecule has 0 saturated carbocycles. The van der Waals surface area contributed by atoms with Crippen LogP contribution in [0.5, 0.6) is 0 Å². The molecule has 1 fully saturated rings. The Morgan fingerprint density at radius 1 is 1.29 bits per heavy atom. The van der Waals surface area contributed by atoms with Crippen molar-refractivity contribution in [2.45, 2.75) is 33.6 Å². The number of aliphatic imine (C=N–C) groups is 1. The van der Waals surface area contributed by atoms with Crippen molar-refractivity contribution in [3.05, 3.63) is 84.1 Å². The van der Waals surface area contributed by atoms with E-state index in [0.717, 1.165) is 91.1 Å². The molecule has 1 atom stereocenters. The molecule has 3 rings (SSSR count). The molecule has 3 N–H and O–H groups in total. The van der Waals surface area contributed by atoms with Crippen molar-refractivity contribution in [2.75, 3.05) is 32.7 Å². The van der Waals surface area contributed by atoms with Gasteiger partial charge < -0.3 is 20.9 Å². The summed E-state index contributed by atoms with van der Waals surface area (Å²) in [6.07, 6.45) is 7.92. The van der Waals surface area contributed by atoms with Gasteiger partial charge in [-0.25, -0.2) is 4.98 Å². The third-order valence-corrected chi connectivity index (χ3v) is 6.29. The zero-order chi connectivity index (χ0) is 25.4. The molecule has 6 nitrogen and oxygen atoms in total. The summed E-state index contributed by atoms with van der Waals surface area (Å²) >= 11 is 0. The second kappa shape index (κ2) is 12.4. The second-order valence-electron chi connectivity index (χ2n) is 9.00. The number of allylic oxidation sites excluding steroid dienone is 2. The number of nitrogens with zero attached hydrogens (tertiary/aromatic N) is 3. The van der Waals surface area contributed by atoms with Crippen LogP contribution in [0.3, 0.4) is 0 Å². The number of nitrogens with one attached hydrogen (secondary N) is 3. The molecule has 6 heteroatoms. The van der Waals surface area contributed by atoms with E-state index in [4.69, 9.17) is 4.98 Å². The Hall–Kier alpha value is -3.38. The minimum absolute atomic E-state index is 0.306. The van der Waals surface area contributed by atoms with Crippen LogP contribution in [0, 0.1) is 5.92 Å². The molecule has 0 bridgehead atoms. The number of hydrogen-bond donors (Lipinski definition) is 3. The number of rotatable bonds is 10. The van der Waals surface area contributed by atoms with E-state index < -0.39 is 0 Å². The number of aromatic nitrogens is 1. The average molecular weight is 473 g/mol. The Morgan fingerprint density at radius 2 is 2.09 bits per heavy atom. The quantitative estimate of drug-likeness (QED) is 0.450. The normalized spacial score (nSPS) is 18.5. The molecule has 2 aliphatic heterocycles. The van der Waals surface area contributed by atoms with Crippen LogP contribution in [-0.4, -0.2) is 48.4 Å². The number of dihydropyridines is 1. The summed E-state index contributed by atoms with van der Waals surface area (Å²) in [5.41, 5.74) is 7.65. The lowest BCUT2D eigenvalue weighted by molar-refractivity contribution is 0.411. The van der Waals surface area contributed by atoms with E-state index in [0.29, 0.717) is 5.92 Å². The van der Waals surface area contributed by atoms with Crippen LogP contribution in [0.1, 0.15) is 50.6 Å². The van der Waals surface area contributed by atoms with Gasteiger partial charge in [-0.1, -0.05) is 59.2 Å². The number of piperazine rings is 1. The summed E-state index contributed by atoms with van der Waals surface area (Å²) in [6, 6.07) is 4.05. The summed E-state index contributed by atoms with van der Waals surface area (Å²) in [5, 5.41) is 10.3. The Labute approximate surface area is 211 Å². The smallest absolute Gasteiger partial charge is 0.121 e. The summed E-state index contributed by atoms with van der Waals surface area (Å²) in [6.45, 7) is 27.5. The first-order valence-corrected chi connectivity index (χ1v) is 12.5. The minimum atomic E-state index is 0.306. The van der Waals surface area contributed by atoms with E-state index in [2.05, 4.69) is 85.1 Å². The molecule has 1 aromatic heterocycles. The van der Waals surface area contributed by atoms with Crippen molar-refractivity contribution in [2.24, 2.45) is 10.9 Å². The van der Waals surface area contributed by atoms with E-state index in [9.17, 15) is 0 Å². The van der Waals surface area contributed by atoms with Crippen LogP contribution >= 0.6 is 0 Å². The molecule has 0 aliphatic carbocycles. The Balaban J connectivity index is 1.84. The zero-order valence-electron chi connectivity index (χ0n) is 21.6. The molecule has 1 aromatic rings. The van der Waals surface area contributed by atoms with Crippen molar-refractivity contribution in [3.63, 3.8) is 0 Å². The molecule has 0 amide bonds. The molecule has 1 unspecified atom stereocenters. The van der Waals surface area contributed by atoms with E-state index in [1.54, 1.807) is 0 Å². The fourth-order valence-corrected chi connectivity index (χ4v) is 4.15. The number of pyridine rings is 1. The van der Waals surface area contributed by atoms with Gasteiger partial charge in [-0.3, -0.25) is 4.99 Å². The molecular weight excluding hydrogens is 432 g/mol. The van der Waals surface area contributed by atoms with Gasteiger partial charge in [0.25, 0.3) is 0 Å². The molecule has 3 heterocycles. The van der Waals surface area contributed by atoms with Crippen LogP contribution in [-0.2, 0) is 0 Å². The first-order chi connectivity index (χ1) is 16.9. The average Bonchev–Trinajstić information content (AvgIpc) is 2.87. The van der Waals surface area contributed by atoms with E-state index in [1.165, 1.54) is 5.57 Å². The van der Waals surface area contributed by atoms with Gasteiger partial charge in [0.15, 0.2) is 0 Å². The lowest BCUT2D eigenvalue weighted by Gasteiger charge is -2.32. The van der Waals surface area contributed by atoms with Gasteiger partial charge in [0.2, 0.25) is 0 Å². The highest BCUT2D eigenvalue weighted by Crippen LogP contribution is 2.25. The molecule has 1 saturated heterocycles. The van der Waals surface area contributed by atoms with Gasteiger partial charge in [-0.2, -0.15) is 0 Å². The van der Waals surface area contributed by atoms with Crippen LogP contribution in [0.4, 0.5) is 0 Å². The number of hydrogen-bond acceptors (Lipinski definition) is 6. The standard InChI is InChI=1S/C29H40N6/c1-8-13-31-29-17-26(20(4)18-32-29)22(6)33-25(10-3)16-28-24(9-2)11-12-27(34-28)23(7)35-15-14-30-19-21(35)5/h9,11-12,16-17,20,30,33H,2,5-8,10,13-15,18-19H2,1,3-4H3,(H,31,32)/b25-16+. The topological polar surface area (TPSA) is 64.6 Å². The lowest BCUT2D eigenvalue weighted by atomic mass is 9.95. The molecule has 186 valence electrons. The maximum Gasteiger partial charge on any atom is 0.121 e. The Bertz CT molecular complexity index is 1070. The van der Waals surface area contributed by atoms with Crippen molar-refractivity contribution in [1.29, 1.82) is 0 Å². The van der Waals surface area contributed by atoms with Crippen molar-refractivity contribution in [3.8, 4) is 0 Å². The minimum Gasteiger partial charge on any atom is -0.370 e. The van der Waals surface area contributed by atoms with Crippen LogP contribution in [0.2, 0.25) is 0 Å². The highest BCUT2D eigenvalue weighted by Gasteiger charge is 2.19. The SMILES string of the molecule is C=Cc1ccc(C(=C)N2CCNCC2=C)nc1/C=C(\CC)NC(=C)C1=CC(NCCC)=NCC1C. The molecule has 0 aromatic carbocycles. The summed E-state index contributed by atoms with van der Waals surface area (Å²) in [7, 11) is 0. The van der Waals surface area contributed by atoms with Crippen LogP contribution < -0.4 is 16.0 Å². The molecule has 0 radical (unpaired) electrons. The Kier molecular flexibility index (Phi) is 9.26. The largest absolute Gasteiger partial charge is 0.370 e. The van der Waals surface area contributed by atoms with Crippen LogP contribution in [0.25, 0.3) is 17.8 Å². The highest BCUT2D eigenvalue weighted by molar-refractivity contribution is 5.95. The molecule has 2 aliphatic rings. The van der Waals surface area contributed by atoms with Gasteiger partial charge in [0, 0.05) is 55.7 Å². The van der Waals surface area contributed by atoms with Crippen molar-refractivity contribution < 1.29 is 0 Å². The Morgan fingerprint density at radius 3 is 2.77 bits per heavy atom. The highest BCUT2D eigenvalue weighted by atomic mass is 15.2. The van der Waals surface area contributed by atoms with E-state index >= 15 is 0 Å². The summed E-state index contributed by atoms with van der Waals surface area (Å²) in [4.78, 5) is 11.7. The predicted octanol–water partition coefficient (Wildman–Crippen LogP) is 4.94. The second-order valence-corrected chi connectivity index (χ2v) is 9.00. The fraction of sp³-hybridized carbons (Fsp3) is 0.379. The fourth-order valence-electron chi connectivity index (χ4n) is 4.15. The lowest BCUT2D eigenvalue weighted by Crippen LogP contribution is -2.40. The maximum absolute atomic E-state index is 4.96. The zero-order valence-corrected chi connectivity index (χ0v) is 21.6. The van der Waals surface area contributed by atoms with E-state index in [1.807, 2.05) is 18.2 Å². The monoisotopic (exact) mass is 472 g/mol. The van der Waals surface area contributed by atoms with E-state index in [-0.39, 0.29) is 0 Å².